The Morgan fingerprint density at radius 1 is 1.14 bits per heavy atom. The number of nitrogens with one attached hydrogen (secondary N) is 2. The summed E-state index contributed by atoms with van der Waals surface area (Å²) in [7, 11) is -2.40. The van der Waals surface area contributed by atoms with Crippen LogP contribution in [0, 0.1) is 6.92 Å². The molecule has 2 aromatic carbocycles. The molecule has 0 radical (unpaired) electrons. The van der Waals surface area contributed by atoms with Crippen LogP contribution in [0.1, 0.15) is 19.5 Å². The molecular weight excluding hydrogens is 380 g/mol. The molecule has 0 aliphatic rings. The maximum absolute atomic E-state index is 12.6. The van der Waals surface area contributed by atoms with E-state index in [0.717, 1.165) is 11.4 Å². The van der Waals surface area contributed by atoms with Crippen LogP contribution in [-0.2, 0) is 10.0 Å². The number of benzene rings is 2. The number of rotatable bonds is 6. The molecule has 3 aromatic rings. The van der Waals surface area contributed by atoms with Crippen LogP contribution in [0.15, 0.2) is 59.9 Å². The van der Waals surface area contributed by atoms with Crippen molar-refractivity contribution in [2.45, 2.75) is 25.7 Å². The standard InChI is InChI=1S/C17H18N4O4S.C2H6/c1-12-10-21(11-18-12)15-8-7-13(9-16(15)25-2)20-26(23,24)17-6-4-3-5-14(17)19-22;1-2/h3-11,19-20,22H,1-2H3;1-2H3. The van der Waals surface area contributed by atoms with Gasteiger partial charge in [0.1, 0.15) is 10.6 Å². The number of para-hydroxylation sites is 1. The fourth-order valence-corrected chi connectivity index (χ4v) is 3.72. The first-order chi connectivity index (χ1) is 13.4. The number of aryl methyl sites for hydroxylation is 1. The van der Waals surface area contributed by atoms with Crippen molar-refractivity contribution in [2.24, 2.45) is 0 Å². The summed E-state index contributed by atoms with van der Waals surface area (Å²) in [5, 5.41) is 9.12. The van der Waals surface area contributed by atoms with E-state index in [2.05, 4.69) is 9.71 Å². The Balaban J connectivity index is 0.00000136. The van der Waals surface area contributed by atoms with Gasteiger partial charge in [-0.1, -0.05) is 26.0 Å². The first-order valence-corrected chi connectivity index (χ1v) is 10.1. The lowest BCUT2D eigenvalue weighted by Crippen LogP contribution is -2.15. The van der Waals surface area contributed by atoms with Crippen LogP contribution in [0.3, 0.4) is 0 Å². The largest absolute Gasteiger partial charge is 0.494 e. The third kappa shape index (κ3) is 4.62. The van der Waals surface area contributed by atoms with Gasteiger partial charge in [-0.15, -0.1) is 0 Å². The van der Waals surface area contributed by atoms with Crippen LogP contribution < -0.4 is 14.9 Å². The number of anilines is 2. The van der Waals surface area contributed by atoms with Crippen molar-refractivity contribution in [3.8, 4) is 11.4 Å². The SMILES string of the molecule is CC.COc1cc(NS(=O)(=O)c2ccccc2NO)ccc1-n1cnc(C)c1. The van der Waals surface area contributed by atoms with Gasteiger partial charge >= 0.3 is 0 Å². The molecule has 0 aliphatic heterocycles. The molecule has 0 fully saturated rings. The molecule has 150 valence electrons. The highest BCUT2D eigenvalue weighted by molar-refractivity contribution is 7.92. The number of hydrogen-bond donors (Lipinski definition) is 3. The van der Waals surface area contributed by atoms with Crippen LogP contribution in [-0.4, -0.2) is 30.3 Å². The second-order valence-corrected chi connectivity index (χ2v) is 7.17. The molecule has 0 amide bonds. The predicted octanol–water partition coefficient (Wildman–Crippen LogP) is 3.82. The van der Waals surface area contributed by atoms with Crippen LogP contribution in [0.5, 0.6) is 5.75 Å². The fraction of sp³-hybridized carbons (Fsp3) is 0.211. The van der Waals surface area contributed by atoms with Crippen molar-refractivity contribution in [1.29, 1.82) is 0 Å². The summed E-state index contributed by atoms with van der Waals surface area (Å²) >= 11 is 0. The zero-order valence-corrected chi connectivity index (χ0v) is 17.0. The molecule has 0 aliphatic carbocycles. The zero-order valence-electron chi connectivity index (χ0n) is 16.2. The highest BCUT2D eigenvalue weighted by Gasteiger charge is 2.19. The van der Waals surface area contributed by atoms with E-state index < -0.39 is 10.0 Å². The van der Waals surface area contributed by atoms with Gasteiger partial charge in [-0.25, -0.2) is 13.4 Å². The summed E-state index contributed by atoms with van der Waals surface area (Å²) in [5.41, 5.74) is 3.88. The van der Waals surface area contributed by atoms with Crippen LogP contribution >= 0.6 is 0 Å². The molecule has 9 heteroatoms. The van der Waals surface area contributed by atoms with E-state index in [1.54, 1.807) is 41.2 Å². The number of hydrogen-bond acceptors (Lipinski definition) is 6. The number of aromatic nitrogens is 2. The Kier molecular flexibility index (Phi) is 7.02. The minimum Gasteiger partial charge on any atom is -0.494 e. The van der Waals surface area contributed by atoms with Gasteiger partial charge < -0.3 is 9.30 Å². The number of imidazole rings is 1. The molecule has 8 nitrogen and oxygen atoms in total. The lowest BCUT2D eigenvalue weighted by molar-refractivity contribution is 0.387. The van der Waals surface area contributed by atoms with Gasteiger partial charge in [0.05, 0.1) is 36.2 Å². The van der Waals surface area contributed by atoms with Crippen molar-refractivity contribution >= 4 is 21.4 Å². The van der Waals surface area contributed by atoms with E-state index in [9.17, 15) is 8.42 Å². The second kappa shape index (κ2) is 9.25. The number of sulfonamides is 1. The maximum Gasteiger partial charge on any atom is 0.264 e. The van der Waals surface area contributed by atoms with Gasteiger partial charge in [-0.3, -0.25) is 15.4 Å². The van der Waals surface area contributed by atoms with E-state index in [4.69, 9.17) is 9.94 Å². The van der Waals surface area contributed by atoms with E-state index in [0.29, 0.717) is 11.4 Å². The van der Waals surface area contributed by atoms with Crippen molar-refractivity contribution in [3.63, 3.8) is 0 Å². The Morgan fingerprint density at radius 3 is 2.46 bits per heavy atom. The lowest BCUT2D eigenvalue weighted by atomic mass is 10.2. The van der Waals surface area contributed by atoms with Crippen LogP contribution in [0.4, 0.5) is 11.4 Å². The first-order valence-electron chi connectivity index (χ1n) is 8.65. The average molecular weight is 404 g/mol. The molecule has 1 heterocycles. The average Bonchev–Trinajstić information content (AvgIpc) is 3.15. The van der Waals surface area contributed by atoms with Crippen molar-refractivity contribution in [2.75, 3.05) is 17.3 Å². The fourth-order valence-electron chi connectivity index (χ4n) is 2.51. The second-order valence-electron chi connectivity index (χ2n) is 5.52. The minimum atomic E-state index is -3.90. The van der Waals surface area contributed by atoms with Gasteiger partial charge in [0.2, 0.25) is 0 Å². The van der Waals surface area contributed by atoms with Crippen molar-refractivity contribution in [1.82, 2.24) is 9.55 Å². The third-order valence-electron chi connectivity index (χ3n) is 3.72. The molecule has 0 saturated heterocycles. The lowest BCUT2D eigenvalue weighted by Gasteiger charge is -2.14. The topological polar surface area (TPSA) is 105 Å². The van der Waals surface area contributed by atoms with E-state index >= 15 is 0 Å². The van der Waals surface area contributed by atoms with Crippen molar-refractivity contribution in [3.05, 3.63) is 60.7 Å². The Bertz CT molecular complexity index is 1030. The minimum absolute atomic E-state index is 0.0734. The van der Waals surface area contributed by atoms with Gasteiger partial charge in [0.15, 0.2) is 0 Å². The molecule has 3 N–H and O–H groups in total. The molecule has 28 heavy (non-hydrogen) atoms. The van der Waals surface area contributed by atoms with Crippen LogP contribution in [0.25, 0.3) is 5.69 Å². The summed E-state index contributed by atoms with van der Waals surface area (Å²) in [6.45, 7) is 5.87. The molecule has 0 unspecified atom stereocenters. The Labute approximate surface area is 164 Å². The summed E-state index contributed by atoms with van der Waals surface area (Å²) in [6.07, 6.45) is 3.49. The first kappa shape index (κ1) is 21.3. The number of methoxy groups -OCH3 is 1. The maximum atomic E-state index is 12.6. The molecule has 1 aromatic heterocycles. The number of nitrogens with zero attached hydrogens (tertiary/aromatic N) is 2. The quantitative estimate of drug-likeness (QED) is 0.540. The molecule has 0 atom stereocenters. The van der Waals surface area contributed by atoms with E-state index in [1.165, 1.54) is 19.2 Å². The normalized spacial score (nSPS) is 10.6. The molecular formula is C19H24N4O4S. The Morgan fingerprint density at radius 2 is 1.86 bits per heavy atom. The highest BCUT2D eigenvalue weighted by atomic mass is 32.2. The Hall–Kier alpha value is -3.04. The van der Waals surface area contributed by atoms with Crippen molar-refractivity contribution < 1.29 is 18.4 Å². The molecule has 0 spiro atoms. The summed E-state index contributed by atoms with van der Waals surface area (Å²) in [5.74, 6) is 0.483. The smallest absolute Gasteiger partial charge is 0.264 e. The predicted molar refractivity (Wildman–Crippen MR) is 109 cm³/mol. The van der Waals surface area contributed by atoms with E-state index in [1.807, 2.05) is 32.4 Å². The van der Waals surface area contributed by atoms with Gasteiger partial charge in [0, 0.05) is 12.3 Å². The van der Waals surface area contributed by atoms with Gasteiger partial charge in [-0.05, 0) is 31.2 Å². The molecule has 0 saturated carbocycles. The third-order valence-corrected chi connectivity index (χ3v) is 5.16. The summed E-state index contributed by atoms with van der Waals surface area (Å²) in [4.78, 5) is 4.10. The zero-order chi connectivity index (χ0) is 20.7. The number of ether oxygens (including phenoxy) is 1. The van der Waals surface area contributed by atoms with E-state index in [-0.39, 0.29) is 10.6 Å². The molecule has 0 bridgehead atoms. The van der Waals surface area contributed by atoms with Crippen LogP contribution in [0.2, 0.25) is 0 Å². The summed E-state index contributed by atoms with van der Waals surface area (Å²) in [6, 6.07) is 11.0. The molecule has 3 rings (SSSR count). The monoisotopic (exact) mass is 404 g/mol. The summed E-state index contributed by atoms with van der Waals surface area (Å²) < 4.78 is 34.9. The van der Waals surface area contributed by atoms with Gasteiger partial charge in [0.25, 0.3) is 10.0 Å². The van der Waals surface area contributed by atoms with Gasteiger partial charge in [-0.2, -0.15) is 0 Å². The highest BCUT2D eigenvalue weighted by Crippen LogP contribution is 2.29.